The summed E-state index contributed by atoms with van der Waals surface area (Å²) >= 11 is 0. The van der Waals surface area contributed by atoms with E-state index in [9.17, 15) is 4.79 Å². The average Bonchev–Trinajstić information content (AvgIpc) is 2.93. The van der Waals surface area contributed by atoms with Crippen molar-refractivity contribution in [3.05, 3.63) is 77.3 Å². The van der Waals surface area contributed by atoms with Crippen LogP contribution in [-0.2, 0) is 7.05 Å². The Morgan fingerprint density at radius 1 is 0.880 bits per heavy atom. The van der Waals surface area contributed by atoms with E-state index in [1.165, 1.54) is 0 Å². The van der Waals surface area contributed by atoms with Crippen molar-refractivity contribution in [3.63, 3.8) is 0 Å². The number of aryl methyl sites for hydroxylation is 1. The Hall–Kier alpha value is -3.34. The highest BCUT2D eigenvalue weighted by Gasteiger charge is 2.12. The van der Waals surface area contributed by atoms with Crippen molar-refractivity contribution in [1.29, 1.82) is 0 Å². The lowest BCUT2D eigenvalue weighted by molar-refractivity contribution is 0.415. The van der Waals surface area contributed by atoms with Crippen LogP contribution in [0.2, 0.25) is 0 Å². The molecule has 0 N–H and O–H groups in total. The lowest BCUT2D eigenvalue weighted by Gasteiger charge is -2.06. The van der Waals surface area contributed by atoms with Gasteiger partial charge in [-0.05, 0) is 42.0 Å². The summed E-state index contributed by atoms with van der Waals surface area (Å²) in [5.41, 5.74) is 3.66. The third-order valence-electron chi connectivity index (χ3n) is 4.36. The lowest BCUT2D eigenvalue weighted by atomic mass is 10.1. The monoisotopic (exact) mass is 331 g/mol. The molecule has 0 radical (unpaired) electrons. The van der Waals surface area contributed by atoms with Gasteiger partial charge in [0.05, 0.1) is 18.1 Å². The van der Waals surface area contributed by atoms with Gasteiger partial charge in [-0.2, -0.15) is 0 Å². The van der Waals surface area contributed by atoms with Crippen LogP contribution in [-0.4, -0.2) is 21.2 Å². The maximum Gasteiger partial charge on any atom is 0.334 e. The van der Waals surface area contributed by atoms with Crippen LogP contribution in [0.5, 0.6) is 5.75 Å². The number of nitrogens with zero attached hydrogens (tertiary/aromatic N) is 3. The first-order valence-corrected chi connectivity index (χ1v) is 7.96. The van der Waals surface area contributed by atoms with Gasteiger partial charge in [-0.1, -0.05) is 24.3 Å². The molecule has 0 unspecified atom stereocenters. The molecule has 5 heteroatoms. The fourth-order valence-electron chi connectivity index (χ4n) is 2.99. The number of hydrogen-bond acceptors (Lipinski definition) is 3. The van der Waals surface area contributed by atoms with E-state index in [4.69, 9.17) is 4.74 Å². The minimum atomic E-state index is -0.106. The second-order valence-corrected chi connectivity index (χ2v) is 5.80. The molecule has 0 spiro atoms. The van der Waals surface area contributed by atoms with Crippen molar-refractivity contribution in [1.82, 2.24) is 14.1 Å². The van der Waals surface area contributed by atoms with Gasteiger partial charge in [-0.15, -0.1) is 0 Å². The highest BCUT2D eigenvalue weighted by atomic mass is 16.5. The second-order valence-electron chi connectivity index (χ2n) is 5.80. The fraction of sp³-hybridized carbons (Fsp3) is 0.100. The Labute approximate surface area is 144 Å². The predicted molar refractivity (Wildman–Crippen MR) is 98.3 cm³/mol. The van der Waals surface area contributed by atoms with Crippen molar-refractivity contribution in [2.45, 2.75) is 0 Å². The third-order valence-corrected chi connectivity index (χ3v) is 4.36. The first-order valence-electron chi connectivity index (χ1n) is 7.96. The van der Waals surface area contributed by atoms with Gasteiger partial charge in [0.2, 0.25) is 0 Å². The summed E-state index contributed by atoms with van der Waals surface area (Å²) in [5.74, 6) is 1.43. The van der Waals surface area contributed by atoms with Crippen LogP contribution in [0.25, 0.3) is 28.0 Å². The number of methoxy groups -OCH3 is 1. The standard InChI is InChI=1S/C20H17N3O2/c1-22-17-5-3-4-6-18(17)23(20(22)24)19-12-9-15(13-21-19)14-7-10-16(25-2)11-8-14/h3-13H,1-2H3. The molecule has 0 bridgehead atoms. The van der Waals surface area contributed by atoms with E-state index in [-0.39, 0.29) is 5.69 Å². The molecule has 2 heterocycles. The largest absolute Gasteiger partial charge is 0.497 e. The summed E-state index contributed by atoms with van der Waals surface area (Å²) in [4.78, 5) is 17.1. The summed E-state index contributed by atoms with van der Waals surface area (Å²) in [6, 6.07) is 19.3. The minimum Gasteiger partial charge on any atom is -0.497 e. The molecule has 0 fully saturated rings. The maximum atomic E-state index is 12.6. The van der Waals surface area contributed by atoms with E-state index < -0.39 is 0 Å². The average molecular weight is 331 g/mol. The summed E-state index contributed by atoms with van der Waals surface area (Å²) in [6.45, 7) is 0. The van der Waals surface area contributed by atoms with Crippen molar-refractivity contribution >= 4 is 11.0 Å². The first kappa shape index (κ1) is 15.2. The van der Waals surface area contributed by atoms with Gasteiger partial charge in [0.25, 0.3) is 0 Å². The Morgan fingerprint density at radius 2 is 1.56 bits per heavy atom. The van der Waals surface area contributed by atoms with Crippen LogP contribution >= 0.6 is 0 Å². The summed E-state index contributed by atoms with van der Waals surface area (Å²) in [7, 11) is 3.42. The number of aromatic nitrogens is 3. The molecule has 0 aliphatic rings. The van der Waals surface area contributed by atoms with Crippen LogP contribution in [0.15, 0.2) is 71.7 Å². The molecule has 5 nitrogen and oxygen atoms in total. The van der Waals surface area contributed by atoms with Gasteiger partial charge in [0.1, 0.15) is 11.6 Å². The molecule has 4 rings (SSSR count). The highest BCUT2D eigenvalue weighted by Crippen LogP contribution is 2.23. The van der Waals surface area contributed by atoms with E-state index >= 15 is 0 Å². The van der Waals surface area contributed by atoms with Gasteiger partial charge in [-0.25, -0.2) is 14.3 Å². The molecule has 0 saturated carbocycles. The number of ether oxygens (including phenoxy) is 1. The van der Waals surface area contributed by atoms with Crippen molar-refractivity contribution in [3.8, 4) is 22.7 Å². The van der Waals surface area contributed by atoms with E-state index in [2.05, 4.69) is 4.98 Å². The Kier molecular flexibility index (Phi) is 3.61. The molecule has 0 aliphatic heterocycles. The minimum absolute atomic E-state index is 0.106. The number of fused-ring (bicyclic) bond motifs is 1. The second kappa shape index (κ2) is 5.94. The van der Waals surface area contributed by atoms with E-state index in [1.807, 2.05) is 60.7 Å². The Morgan fingerprint density at radius 3 is 2.20 bits per heavy atom. The van der Waals surface area contributed by atoms with E-state index in [0.29, 0.717) is 5.82 Å². The number of para-hydroxylation sites is 2. The molecule has 0 amide bonds. The van der Waals surface area contributed by atoms with Crippen LogP contribution in [0, 0.1) is 0 Å². The van der Waals surface area contributed by atoms with Crippen molar-refractivity contribution < 1.29 is 4.74 Å². The van der Waals surface area contributed by atoms with E-state index in [0.717, 1.165) is 27.9 Å². The molecule has 2 aromatic heterocycles. The predicted octanol–water partition coefficient (Wildman–Crippen LogP) is 3.40. The van der Waals surface area contributed by atoms with Crippen molar-refractivity contribution in [2.24, 2.45) is 7.05 Å². The number of hydrogen-bond donors (Lipinski definition) is 0. The fourth-order valence-corrected chi connectivity index (χ4v) is 2.99. The van der Waals surface area contributed by atoms with E-state index in [1.54, 1.807) is 29.5 Å². The molecule has 0 saturated heterocycles. The number of imidazole rings is 1. The smallest absolute Gasteiger partial charge is 0.334 e. The van der Waals surface area contributed by atoms with Gasteiger partial charge < -0.3 is 4.74 Å². The summed E-state index contributed by atoms with van der Waals surface area (Å²) < 4.78 is 8.45. The molecule has 25 heavy (non-hydrogen) atoms. The number of pyridine rings is 1. The zero-order valence-electron chi connectivity index (χ0n) is 14.0. The van der Waals surface area contributed by atoms with Gasteiger partial charge >= 0.3 is 5.69 Å². The first-order chi connectivity index (χ1) is 12.2. The highest BCUT2D eigenvalue weighted by molar-refractivity contribution is 5.77. The normalized spacial score (nSPS) is 11.0. The number of benzene rings is 2. The van der Waals surface area contributed by atoms with Gasteiger partial charge in [-0.3, -0.25) is 4.57 Å². The molecule has 4 aromatic rings. The van der Waals surface area contributed by atoms with Crippen LogP contribution < -0.4 is 10.4 Å². The Balaban J connectivity index is 1.78. The van der Waals surface area contributed by atoms with Crippen LogP contribution in [0.1, 0.15) is 0 Å². The van der Waals surface area contributed by atoms with Gasteiger partial charge in [0.15, 0.2) is 0 Å². The van der Waals surface area contributed by atoms with Gasteiger partial charge in [0, 0.05) is 18.8 Å². The summed E-state index contributed by atoms with van der Waals surface area (Å²) in [6.07, 6.45) is 1.78. The zero-order valence-corrected chi connectivity index (χ0v) is 14.0. The quantitative estimate of drug-likeness (QED) is 0.578. The maximum absolute atomic E-state index is 12.6. The topological polar surface area (TPSA) is 49.0 Å². The number of rotatable bonds is 3. The third kappa shape index (κ3) is 2.50. The Bertz CT molecular complexity index is 1090. The lowest BCUT2D eigenvalue weighted by Crippen LogP contribution is -2.21. The molecule has 124 valence electrons. The van der Waals surface area contributed by atoms with Crippen molar-refractivity contribution in [2.75, 3.05) is 7.11 Å². The van der Waals surface area contributed by atoms with Crippen LogP contribution in [0.4, 0.5) is 0 Å². The molecule has 2 aromatic carbocycles. The molecular formula is C20H17N3O2. The molecular weight excluding hydrogens is 314 g/mol. The molecule has 0 atom stereocenters. The van der Waals surface area contributed by atoms with Crippen LogP contribution in [0.3, 0.4) is 0 Å². The SMILES string of the molecule is COc1ccc(-c2ccc(-n3c(=O)n(C)c4ccccc43)nc2)cc1. The summed E-state index contributed by atoms with van der Waals surface area (Å²) in [5, 5.41) is 0. The zero-order chi connectivity index (χ0) is 17.4. The molecule has 0 aliphatic carbocycles.